The number of benzene rings is 1. The molecule has 2 unspecified atom stereocenters. The number of nitrogens with zero attached hydrogens (tertiary/aromatic N) is 3. The van der Waals surface area contributed by atoms with Crippen molar-refractivity contribution in [1.82, 2.24) is 14.7 Å². The molecule has 4 rings (SSSR count). The Morgan fingerprint density at radius 3 is 2.50 bits per heavy atom. The third kappa shape index (κ3) is 2.89. The first kappa shape index (κ1) is 15.9. The van der Waals surface area contributed by atoms with Gasteiger partial charge in [0.05, 0.1) is 17.5 Å². The van der Waals surface area contributed by atoms with Gasteiger partial charge in [-0.3, -0.25) is 4.90 Å². The molecule has 1 aliphatic heterocycles. The zero-order valence-electron chi connectivity index (χ0n) is 14.9. The normalized spacial score (nSPS) is 26.9. The molecular weight excluding hydrogens is 298 g/mol. The largest absolute Gasteiger partial charge is 0.381 e. The van der Waals surface area contributed by atoms with E-state index in [0.29, 0.717) is 17.9 Å². The van der Waals surface area contributed by atoms with Crippen LogP contribution in [0.2, 0.25) is 0 Å². The fourth-order valence-corrected chi connectivity index (χ4v) is 4.72. The average Bonchev–Trinajstić information content (AvgIpc) is 3.03. The van der Waals surface area contributed by atoms with E-state index in [4.69, 9.17) is 4.74 Å². The van der Waals surface area contributed by atoms with E-state index in [1.165, 1.54) is 37.2 Å². The van der Waals surface area contributed by atoms with Gasteiger partial charge in [0.1, 0.15) is 0 Å². The van der Waals surface area contributed by atoms with Crippen LogP contribution in [-0.2, 0) is 11.3 Å². The summed E-state index contributed by atoms with van der Waals surface area (Å²) in [7, 11) is 1.88. The van der Waals surface area contributed by atoms with Crippen LogP contribution in [0.5, 0.6) is 0 Å². The number of likely N-dealkylation sites (tertiary alicyclic amines) is 1. The molecule has 1 aliphatic carbocycles. The molecule has 4 heteroatoms. The molecule has 2 aromatic rings. The number of aryl methyl sites for hydroxylation is 2. The molecule has 2 fully saturated rings. The van der Waals surface area contributed by atoms with Gasteiger partial charge in [0, 0.05) is 32.4 Å². The summed E-state index contributed by atoms with van der Waals surface area (Å²) in [6, 6.07) is 10.9. The molecule has 128 valence electrons. The maximum Gasteiger partial charge on any atom is 0.0652 e. The van der Waals surface area contributed by atoms with Gasteiger partial charge in [0.2, 0.25) is 0 Å². The van der Waals surface area contributed by atoms with Crippen molar-refractivity contribution >= 4 is 0 Å². The Hall–Kier alpha value is -1.65. The highest BCUT2D eigenvalue weighted by atomic mass is 16.5. The minimum Gasteiger partial charge on any atom is -0.381 e. The van der Waals surface area contributed by atoms with Crippen molar-refractivity contribution < 1.29 is 4.74 Å². The summed E-state index contributed by atoms with van der Waals surface area (Å²) in [5, 5.41) is 4.61. The van der Waals surface area contributed by atoms with Crippen LogP contribution in [0.1, 0.15) is 29.8 Å². The van der Waals surface area contributed by atoms with Crippen molar-refractivity contribution in [2.45, 2.75) is 39.3 Å². The molecule has 1 aromatic carbocycles. The lowest BCUT2D eigenvalue weighted by atomic mass is 9.94. The predicted molar refractivity (Wildman–Crippen MR) is 95.3 cm³/mol. The Labute approximate surface area is 144 Å². The van der Waals surface area contributed by atoms with Gasteiger partial charge in [-0.25, -0.2) is 4.68 Å². The van der Waals surface area contributed by atoms with Crippen LogP contribution in [0, 0.1) is 25.7 Å². The molecular formula is C20H27N3O. The van der Waals surface area contributed by atoms with Gasteiger partial charge in [0.15, 0.2) is 0 Å². The molecule has 0 N–H and O–H groups in total. The third-order valence-electron chi connectivity index (χ3n) is 5.67. The van der Waals surface area contributed by atoms with Crippen LogP contribution in [0.4, 0.5) is 0 Å². The van der Waals surface area contributed by atoms with Crippen molar-refractivity contribution in [3.8, 4) is 5.69 Å². The van der Waals surface area contributed by atoms with Crippen LogP contribution < -0.4 is 0 Å². The smallest absolute Gasteiger partial charge is 0.0652 e. The molecule has 4 nitrogen and oxygen atoms in total. The van der Waals surface area contributed by atoms with Crippen LogP contribution >= 0.6 is 0 Å². The highest BCUT2D eigenvalue weighted by molar-refractivity contribution is 5.37. The van der Waals surface area contributed by atoms with Crippen molar-refractivity contribution in [3.63, 3.8) is 0 Å². The number of hydrogen-bond acceptors (Lipinski definition) is 3. The van der Waals surface area contributed by atoms with Gasteiger partial charge >= 0.3 is 0 Å². The van der Waals surface area contributed by atoms with E-state index >= 15 is 0 Å². The molecule has 0 radical (unpaired) electrons. The molecule has 2 atom stereocenters. The zero-order chi connectivity index (χ0) is 16.7. The molecule has 1 aromatic heterocycles. The minimum atomic E-state index is 0.488. The number of methoxy groups -OCH3 is 1. The van der Waals surface area contributed by atoms with Crippen LogP contribution in [-0.4, -0.2) is 41.0 Å². The molecule has 2 bridgehead atoms. The molecule has 0 amide bonds. The van der Waals surface area contributed by atoms with Crippen molar-refractivity contribution in [2.24, 2.45) is 11.8 Å². The molecule has 1 saturated heterocycles. The lowest BCUT2D eigenvalue weighted by Gasteiger charge is -2.37. The molecule has 24 heavy (non-hydrogen) atoms. The highest BCUT2D eigenvalue weighted by Crippen LogP contribution is 2.39. The van der Waals surface area contributed by atoms with Gasteiger partial charge in [-0.05, 0) is 62.3 Å². The summed E-state index contributed by atoms with van der Waals surface area (Å²) < 4.78 is 7.77. The Morgan fingerprint density at radius 2 is 1.88 bits per heavy atom. The Balaban J connectivity index is 1.50. The van der Waals surface area contributed by atoms with Gasteiger partial charge in [-0.15, -0.1) is 0 Å². The fourth-order valence-electron chi connectivity index (χ4n) is 4.72. The maximum atomic E-state index is 5.73. The van der Waals surface area contributed by atoms with Crippen molar-refractivity contribution in [1.29, 1.82) is 0 Å². The number of aromatic nitrogens is 2. The van der Waals surface area contributed by atoms with Gasteiger partial charge in [-0.1, -0.05) is 12.1 Å². The summed E-state index contributed by atoms with van der Waals surface area (Å²) >= 11 is 0. The Morgan fingerprint density at radius 1 is 1.12 bits per heavy atom. The Kier molecular flexibility index (Phi) is 4.19. The fraction of sp³-hybridized carbons (Fsp3) is 0.550. The van der Waals surface area contributed by atoms with E-state index in [0.717, 1.165) is 17.9 Å². The summed E-state index contributed by atoms with van der Waals surface area (Å²) in [6.45, 7) is 7.51. The van der Waals surface area contributed by atoms with E-state index in [2.05, 4.69) is 47.3 Å². The summed E-state index contributed by atoms with van der Waals surface area (Å²) in [5.74, 6) is 1.43. The average molecular weight is 325 g/mol. The van der Waals surface area contributed by atoms with E-state index in [9.17, 15) is 0 Å². The monoisotopic (exact) mass is 325 g/mol. The molecule has 1 saturated carbocycles. The zero-order valence-corrected chi connectivity index (χ0v) is 14.9. The second kappa shape index (κ2) is 6.34. The number of piperidine rings is 1. The maximum absolute atomic E-state index is 5.73. The van der Waals surface area contributed by atoms with Gasteiger partial charge in [0.25, 0.3) is 0 Å². The van der Waals surface area contributed by atoms with Gasteiger partial charge < -0.3 is 4.74 Å². The quantitative estimate of drug-likeness (QED) is 0.863. The molecule has 2 aliphatic rings. The summed E-state index contributed by atoms with van der Waals surface area (Å²) in [4.78, 5) is 2.61. The first-order valence-corrected chi connectivity index (χ1v) is 9.02. The first-order valence-electron chi connectivity index (χ1n) is 9.02. The second-order valence-corrected chi connectivity index (χ2v) is 7.50. The van der Waals surface area contributed by atoms with E-state index in [1.807, 2.05) is 18.7 Å². The molecule has 2 heterocycles. The first-order chi connectivity index (χ1) is 11.6. The standard InChI is InChI=1S/C20H27N3O/c1-14-9-15(2)23(21-14)19-6-4-5-16(10-19)11-22-12-17-7-8-18(13-22)20(17)24-3/h4-6,9-10,17-18,20H,7-8,11-13H2,1-3H3. The topological polar surface area (TPSA) is 30.3 Å². The van der Waals surface area contributed by atoms with E-state index < -0.39 is 0 Å². The Bertz CT molecular complexity index is 709. The summed E-state index contributed by atoms with van der Waals surface area (Å²) in [5.41, 5.74) is 4.78. The number of fused-ring (bicyclic) bond motifs is 2. The van der Waals surface area contributed by atoms with E-state index in [1.54, 1.807) is 0 Å². The number of ether oxygens (including phenoxy) is 1. The van der Waals surface area contributed by atoms with Crippen LogP contribution in [0.25, 0.3) is 5.69 Å². The van der Waals surface area contributed by atoms with Crippen LogP contribution in [0.15, 0.2) is 30.3 Å². The highest BCUT2D eigenvalue weighted by Gasteiger charge is 2.41. The predicted octanol–water partition coefficient (Wildman–Crippen LogP) is 3.35. The molecule has 0 spiro atoms. The summed E-state index contributed by atoms with van der Waals surface area (Å²) in [6.07, 6.45) is 3.14. The van der Waals surface area contributed by atoms with Gasteiger partial charge in [-0.2, -0.15) is 5.10 Å². The van der Waals surface area contributed by atoms with Crippen LogP contribution in [0.3, 0.4) is 0 Å². The second-order valence-electron chi connectivity index (χ2n) is 7.50. The number of rotatable bonds is 4. The third-order valence-corrected chi connectivity index (χ3v) is 5.67. The van der Waals surface area contributed by atoms with Crippen molar-refractivity contribution in [2.75, 3.05) is 20.2 Å². The van der Waals surface area contributed by atoms with Crippen molar-refractivity contribution in [3.05, 3.63) is 47.3 Å². The minimum absolute atomic E-state index is 0.488. The SMILES string of the molecule is COC1C2CCC1CN(Cc1cccc(-n3nc(C)cc3C)c1)C2. The lowest BCUT2D eigenvalue weighted by molar-refractivity contribution is -0.0180. The number of hydrogen-bond donors (Lipinski definition) is 0. The van der Waals surface area contributed by atoms with E-state index in [-0.39, 0.29) is 0 Å². The lowest BCUT2D eigenvalue weighted by Crippen LogP contribution is -2.45.